The van der Waals surface area contributed by atoms with E-state index in [0.717, 1.165) is 6.42 Å². The van der Waals surface area contributed by atoms with Crippen LogP contribution in [0.3, 0.4) is 0 Å². The molecule has 0 heterocycles. The fraction of sp³-hybridized carbons (Fsp3) is 0.125. The van der Waals surface area contributed by atoms with Gasteiger partial charge in [0.05, 0.1) is 0 Å². The summed E-state index contributed by atoms with van der Waals surface area (Å²) in [6.45, 7) is 5.91. The molecule has 0 unspecified atom stereocenters. The maximum Gasteiger partial charge on any atom is -0.0157 e. The lowest BCUT2D eigenvalue weighted by atomic mass is 10.0. The Hall–Kier alpha value is -1.82. The van der Waals surface area contributed by atoms with Crippen LogP contribution >= 0.6 is 0 Å². The zero-order valence-corrected chi connectivity index (χ0v) is 9.61. The minimum Gasteiger partial charge on any atom is -0.0984 e. The molecule has 0 fully saturated rings. The smallest absolute Gasteiger partial charge is 0.0157 e. The van der Waals surface area contributed by atoms with E-state index in [1.807, 2.05) is 13.0 Å². The van der Waals surface area contributed by atoms with E-state index in [9.17, 15) is 0 Å². The molecule has 2 rings (SSSR count). The fourth-order valence-electron chi connectivity index (χ4n) is 1.94. The summed E-state index contributed by atoms with van der Waals surface area (Å²) >= 11 is 0. The Labute approximate surface area is 96.6 Å². The van der Waals surface area contributed by atoms with Gasteiger partial charge in [0.25, 0.3) is 0 Å². The second-order valence-corrected chi connectivity index (χ2v) is 3.85. The van der Waals surface area contributed by atoms with E-state index in [0.29, 0.717) is 0 Å². The van der Waals surface area contributed by atoms with E-state index < -0.39 is 0 Å². The molecule has 0 saturated heterocycles. The first-order valence-electron chi connectivity index (χ1n) is 5.61. The van der Waals surface area contributed by atoms with Gasteiger partial charge in [0.2, 0.25) is 0 Å². The largest absolute Gasteiger partial charge is 0.0984 e. The molecule has 0 aromatic heterocycles. The molecule has 0 spiro atoms. The maximum atomic E-state index is 3.87. The maximum absolute atomic E-state index is 3.87. The van der Waals surface area contributed by atoms with Crippen molar-refractivity contribution in [3.63, 3.8) is 0 Å². The van der Waals surface area contributed by atoms with Gasteiger partial charge in [0, 0.05) is 0 Å². The lowest BCUT2D eigenvalue weighted by molar-refractivity contribution is 1.43. The highest BCUT2D eigenvalue weighted by Crippen LogP contribution is 2.08. The molecular formula is C16H16. The molecule has 0 amide bonds. The molecule has 1 aromatic carbocycles. The van der Waals surface area contributed by atoms with Crippen LogP contribution < -0.4 is 10.4 Å². The van der Waals surface area contributed by atoms with Crippen LogP contribution in [0.5, 0.6) is 0 Å². The van der Waals surface area contributed by atoms with Crippen molar-refractivity contribution in [1.82, 2.24) is 0 Å². The first-order chi connectivity index (χ1) is 7.85. The summed E-state index contributed by atoms with van der Waals surface area (Å²) in [7, 11) is 0. The molecule has 1 aromatic rings. The van der Waals surface area contributed by atoms with Crippen LogP contribution in [0.25, 0.3) is 24.3 Å². The number of benzene rings is 1. The monoisotopic (exact) mass is 208 g/mol. The number of fused-ring (bicyclic) bond motifs is 1. The second kappa shape index (κ2) is 4.80. The first kappa shape index (κ1) is 10.7. The zero-order chi connectivity index (χ0) is 11.4. The minimum atomic E-state index is 1.01. The highest BCUT2D eigenvalue weighted by atomic mass is 14.0. The van der Waals surface area contributed by atoms with Crippen molar-refractivity contribution in [2.45, 2.75) is 13.3 Å². The summed E-state index contributed by atoms with van der Waals surface area (Å²) < 4.78 is 0. The molecule has 0 radical (unpaired) electrons. The highest BCUT2D eigenvalue weighted by molar-refractivity contribution is 5.65. The molecule has 0 bridgehead atoms. The summed E-state index contributed by atoms with van der Waals surface area (Å²) in [5, 5.41) is 2.58. The Bertz CT molecular complexity index is 569. The van der Waals surface area contributed by atoms with Crippen molar-refractivity contribution in [1.29, 1.82) is 0 Å². The third kappa shape index (κ3) is 2.06. The van der Waals surface area contributed by atoms with Crippen molar-refractivity contribution >= 4 is 24.3 Å². The summed E-state index contributed by atoms with van der Waals surface area (Å²) in [5.74, 6) is 0. The summed E-state index contributed by atoms with van der Waals surface area (Å²) in [6.07, 6.45) is 15.8. The van der Waals surface area contributed by atoms with Crippen LogP contribution in [0.1, 0.15) is 24.5 Å². The van der Waals surface area contributed by atoms with Crippen LogP contribution in [0.2, 0.25) is 0 Å². The highest BCUT2D eigenvalue weighted by Gasteiger charge is 1.97. The SMILES string of the molecule is C=Cc1cc2c(cc1/C=C\C)=CCC=CC=2. The van der Waals surface area contributed by atoms with Crippen LogP contribution in [0, 0.1) is 0 Å². The van der Waals surface area contributed by atoms with Crippen molar-refractivity contribution in [3.8, 4) is 0 Å². The van der Waals surface area contributed by atoms with Crippen molar-refractivity contribution < 1.29 is 0 Å². The fourth-order valence-corrected chi connectivity index (χ4v) is 1.94. The molecule has 0 aliphatic heterocycles. The summed E-state index contributed by atoms with van der Waals surface area (Å²) in [4.78, 5) is 0. The number of hydrogen-bond acceptors (Lipinski definition) is 0. The first-order valence-corrected chi connectivity index (χ1v) is 5.61. The molecule has 0 nitrogen and oxygen atoms in total. The van der Waals surface area contributed by atoms with Crippen LogP contribution in [-0.4, -0.2) is 0 Å². The topological polar surface area (TPSA) is 0 Å². The van der Waals surface area contributed by atoms with Gasteiger partial charge in [-0.3, -0.25) is 0 Å². The number of hydrogen-bond donors (Lipinski definition) is 0. The predicted octanol–water partition coefficient (Wildman–Crippen LogP) is 2.88. The van der Waals surface area contributed by atoms with Crippen LogP contribution in [0.4, 0.5) is 0 Å². The molecular weight excluding hydrogens is 192 g/mol. The van der Waals surface area contributed by atoms with Gasteiger partial charge < -0.3 is 0 Å². The van der Waals surface area contributed by atoms with Gasteiger partial charge in [0.15, 0.2) is 0 Å². The van der Waals surface area contributed by atoms with E-state index >= 15 is 0 Å². The lowest BCUT2D eigenvalue weighted by Gasteiger charge is -2.01. The average Bonchev–Trinajstić information content (AvgIpc) is 2.53. The van der Waals surface area contributed by atoms with E-state index in [2.05, 4.69) is 55.2 Å². The second-order valence-electron chi connectivity index (χ2n) is 3.85. The minimum absolute atomic E-state index is 1.01. The molecule has 80 valence electrons. The number of allylic oxidation sites excluding steroid dienone is 3. The van der Waals surface area contributed by atoms with Crippen molar-refractivity contribution in [2.75, 3.05) is 0 Å². The standard InChI is InChI=1S/C16H16/c1-3-8-14-12-16-10-7-5-6-9-15(16)11-13(14)4-2/h3-6,8-12H,2,7H2,1H3/b8-3-. The molecule has 0 N–H and O–H groups in total. The van der Waals surface area contributed by atoms with Gasteiger partial charge in [0.1, 0.15) is 0 Å². The lowest BCUT2D eigenvalue weighted by Crippen LogP contribution is -2.24. The van der Waals surface area contributed by atoms with Crippen molar-refractivity contribution in [3.05, 3.63) is 58.5 Å². The normalized spacial score (nSPS) is 13.8. The Morgan fingerprint density at radius 3 is 2.75 bits per heavy atom. The zero-order valence-electron chi connectivity index (χ0n) is 9.61. The van der Waals surface area contributed by atoms with E-state index in [1.54, 1.807) is 0 Å². The summed E-state index contributed by atoms with van der Waals surface area (Å²) in [5.41, 5.74) is 2.43. The third-order valence-corrected chi connectivity index (χ3v) is 2.74. The molecule has 1 aliphatic carbocycles. The van der Waals surface area contributed by atoms with E-state index in [-0.39, 0.29) is 0 Å². The molecule has 0 atom stereocenters. The van der Waals surface area contributed by atoms with Gasteiger partial charge in [-0.1, -0.05) is 49.1 Å². The van der Waals surface area contributed by atoms with E-state index in [1.165, 1.54) is 21.6 Å². The average molecular weight is 208 g/mol. The van der Waals surface area contributed by atoms with Gasteiger partial charge in [-0.2, -0.15) is 0 Å². The van der Waals surface area contributed by atoms with Crippen LogP contribution in [0.15, 0.2) is 36.9 Å². The Balaban J connectivity index is 2.75. The predicted molar refractivity (Wildman–Crippen MR) is 73.2 cm³/mol. The van der Waals surface area contributed by atoms with Gasteiger partial charge in [-0.15, -0.1) is 0 Å². The van der Waals surface area contributed by atoms with Crippen molar-refractivity contribution in [2.24, 2.45) is 0 Å². The van der Waals surface area contributed by atoms with Gasteiger partial charge in [-0.05, 0) is 47.0 Å². The van der Waals surface area contributed by atoms with Gasteiger partial charge >= 0.3 is 0 Å². The third-order valence-electron chi connectivity index (χ3n) is 2.74. The molecule has 16 heavy (non-hydrogen) atoms. The number of rotatable bonds is 2. The Morgan fingerprint density at radius 2 is 2.00 bits per heavy atom. The van der Waals surface area contributed by atoms with E-state index in [4.69, 9.17) is 0 Å². The Morgan fingerprint density at radius 1 is 1.19 bits per heavy atom. The van der Waals surface area contributed by atoms with Crippen LogP contribution in [-0.2, 0) is 0 Å². The van der Waals surface area contributed by atoms with Gasteiger partial charge in [-0.25, -0.2) is 0 Å². The molecule has 0 heteroatoms. The quantitative estimate of drug-likeness (QED) is 0.701. The summed E-state index contributed by atoms with van der Waals surface area (Å²) in [6, 6.07) is 4.43. The Kier molecular flexibility index (Phi) is 3.21. The molecule has 0 saturated carbocycles. The molecule has 1 aliphatic rings.